The molecule has 0 saturated carbocycles. The van der Waals surface area contributed by atoms with Crippen LogP contribution in [-0.2, 0) is 20.6 Å². The molecule has 0 saturated heterocycles. The van der Waals surface area contributed by atoms with Crippen molar-refractivity contribution < 1.29 is 18.8 Å². The Kier molecular flexibility index (Phi) is 8.11. The number of nitrogens with one attached hydrogen (secondary N) is 2. The molecule has 140 valence electrons. The third-order valence-corrected chi connectivity index (χ3v) is 8.84. The zero-order chi connectivity index (χ0) is 18.9. The van der Waals surface area contributed by atoms with Gasteiger partial charge in [-0.2, -0.15) is 0 Å². The number of carbonyl (C=O) groups excluding carboxylic acids is 2. The lowest BCUT2D eigenvalue weighted by Crippen LogP contribution is -2.43. The number of benzene rings is 1. The van der Waals surface area contributed by atoms with Crippen molar-refractivity contribution in [2.45, 2.75) is 45.5 Å². The molecule has 0 heterocycles. The van der Waals surface area contributed by atoms with Gasteiger partial charge in [0.25, 0.3) is 0 Å². The molecular weight excluding hydrogens is 336 g/mol. The molecule has 0 aliphatic carbocycles. The smallest absolute Gasteiger partial charge is 0.407 e. The first-order valence-electron chi connectivity index (χ1n) is 8.47. The zero-order valence-electron chi connectivity index (χ0n) is 15.8. The van der Waals surface area contributed by atoms with Crippen LogP contribution in [0.2, 0.25) is 18.1 Å². The molecule has 1 rings (SSSR count). The molecule has 0 atom stereocenters. The Balaban J connectivity index is 2.15. The highest BCUT2D eigenvalue weighted by atomic mass is 28.4. The van der Waals surface area contributed by atoms with Crippen LogP contribution in [0.15, 0.2) is 30.3 Å². The van der Waals surface area contributed by atoms with Gasteiger partial charge >= 0.3 is 6.09 Å². The molecular formula is C18H30N2O4Si. The third-order valence-electron chi connectivity index (χ3n) is 4.30. The number of hydrogen-bond acceptors (Lipinski definition) is 4. The maximum Gasteiger partial charge on any atom is 0.407 e. The molecule has 7 heteroatoms. The molecule has 1 aromatic rings. The monoisotopic (exact) mass is 366 g/mol. The molecule has 6 nitrogen and oxygen atoms in total. The number of ether oxygens (including phenoxy) is 1. The third kappa shape index (κ3) is 8.17. The Morgan fingerprint density at radius 1 is 1.08 bits per heavy atom. The average molecular weight is 367 g/mol. The molecule has 1 aromatic carbocycles. The van der Waals surface area contributed by atoms with E-state index in [0.29, 0.717) is 13.2 Å². The molecule has 0 unspecified atom stereocenters. The zero-order valence-corrected chi connectivity index (χ0v) is 16.8. The van der Waals surface area contributed by atoms with E-state index >= 15 is 0 Å². The molecule has 2 N–H and O–H groups in total. The van der Waals surface area contributed by atoms with Crippen molar-refractivity contribution in [3.63, 3.8) is 0 Å². The van der Waals surface area contributed by atoms with E-state index in [1.807, 2.05) is 30.3 Å². The molecule has 0 aliphatic rings. The van der Waals surface area contributed by atoms with Gasteiger partial charge in [0.15, 0.2) is 8.32 Å². The minimum absolute atomic E-state index is 0.117. The second kappa shape index (κ2) is 9.58. The summed E-state index contributed by atoms with van der Waals surface area (Å²) in [6, 6.07) is 9.36. The van der Waals surface area contributed by atoms with Crippen molar-refractivity contribution >= 4 is 20.3 Å². The first-order chi connectivity index (χ1) is 11.6. The van der Waals surface area contributed by atoms with Crippen molar-refractivity contribution in [1.82, 2.24) is 10.6 Å². The molecule has 0 radical (unpaired) electrons. The predicted molar refractivity (Wildman–Crippen MR) is 101 cm³/mol. The van der Waals surface area contributed by atoms with Crippen molar-refractivity contribution in [2.75, 3.05) is 19.7 Å². The van der Waals surface area contributed by atoms with E-state index in [9.17, 15) is 9.59 Å². The van der Waals surface area contributed by atoms with Crippen molar-refractivity contribution in [2.24, 2.45) is 0 Å². The van der Waals surface area contributed by atoms with Crippen LogP contribution in [0.1, 0.15) is 26.3 Å². The fourth-order valence-electron chi connectivity index (χ4n) is 1.70. The summed E-state index contributed by atoms with van der Waals surface area (Å²) in [5, 5.41) is 5.29. The number of carbonyl (C=O) groups is 2. The van der Waals surface area contributed by atoms with E-state index in [0.717, 1.165) is 5.56 Å². The summed E-state index contributed by atoms with van der Waals surface area (Å²) in [6.45, 7) is 11.8. The Morgan fingerprint density at radius 2 is 1.72 bits per heavy atom. The average Bonchev–Trinajstić information content (AvgIpc) is 2.55. The van der Waals surface area contributed by atoms with Crippen LogP contribution >= 0.6 is 0 Å². The van der Waals surface area contributed by atoms with Crippen LogP contribution in [0, 0.1) is 0 Å². The summed E-state index contributed by atoms with van der Waals surface area (Å²) < 4.78 is 11.0. The van der Waals surface area contributed by atoms with E-state index in [4.69, 9.17) is 9.16 Å². The van der Waals surface area contributed by atoms with Crippen LogP contribution in [0.4, 0.5) is 4.79 Å². The molecule has 0 aliphatic heterocycles. The van der Waals surface area contributed by atoms with Gasteiger partial charge in [0.1, 0.15) is 6.61 Å². The summed E-state index contributed by atoms with van der Waals surface area (Å²) in [5.74, 6) is -0.268. The van der Waals surface area contributed by atoms with Gasteiger partial charge < -0.3 is 19.8 Å². The molecule has 0 bridgehead atoms. The van der Waals surface area contributed by atoms with Crippen LogP contribution in [-0.4, -0.2) is 40.0 Å². The van der Waals surface area contributed by atoms with Gasteiger partial charge in [-0.05, 0) is 23.7 Å². The Labute approximate surface area is 151 Å². The van der Waals surface area contributed by atoms with E-state index in [2.05, 4.69) is 44.5 Å². The Hall–Kier alpha value is -1.86. The molecule has 0 aromatic heterocycles. The molecule has 2 amide bonds. The highest BCUT2D eigenvalue weighted by molar-refractivity contribution is 6.74. The van der Waals surface area contributed by atoms with Crippen molar-refractivity contribution in [1.29, 1.82) is 0 Å². The topological polar surface area (TPSA) is 76.7 Å². The van der Waals surface area contributed by atoms with Gasteiger partial charge in [-0.25, -0.2) is 4.79 Å². The van der Waals surface area contributed by atoms with Gasteiger partial charge in [-0.1, -0.05) is 51.1 Å². The number of amides is 2. The fourth-order valence-corrected chi connectivity index (χ4v) is 2.75. The van der Waals surface area contributed by atoms with Crippen LogP contribution in [0.25, 0.3) is 0 Å². The standard InChI is InChI=1S/C18H30N2O4Si/c1-18(2,3)25(4,5)24-12-11-19-16(21)13-20-17(22)23-14-15-9-7-6-8-10-15/h6-10H,11-14H2,1-5H3,(H,19,21)(H,20,22). The lowest BCUT2D eigenvalue weighted by Gasteiger charge is -2.36. The van der Waals surface area contributed by atoms with Gasteiger partial charge in [0.2, 0.25) is 5.91 Å². The Bertz CT molecular complexity index is 556. The maximum absolute atomic E-state index is 11.7. The van der Waals surface area contributed by atoms with Gasteiger partial charge in [0.05, 0.1) is 13.2 Å². The first kappa shape index (κ1) is 21.2. The van der Waals surface area contributed by atoms with Crippen molar-refractivity contribution in [3.8, 4) is 0 Å². The summed E-state index contributed by atoms with van der Waals surface area (Å²) >= 11 is 0. The summed E-state index contributed by atoms with van der Waals surface area (Å²) in [7, 11) is -1.80. The quantitative estimate of drug-likeness (QED) is 0.548. The minimum atomic E-state index is -1.80. The van der Waals surface area contributed by atoms with Crippen LogP contribution < -0.4 is 10.6 Å². The SMILES string of the molecule is CC(C)(C)[Si](C)(C)OCCNC(=O)CNC(=O)OCc1ccccc1. The van der Waals surface area contributed by atoms with Gasteiger partial charge in [-0.3, -0.25) is 4.79 Å². The number of rotatable bonds is 8. The maximum atomic E-state index is 11.7. The first-order valence-corrected chi connectivity index (χ1v) is 11.4. The van der Waals surface area contributed by atoms with Gasteiger partial charge in [-0.15, -0.1) is 0 Å². The normalized spacial score (nSPS) is 11.7. The van der Waals surface area contributed by atoms with E-state index in [1.54, 1.807) is 0 Å². The van der Waals surface area contributed by atoms with Gasteiger partial charge in [0, 0.05) is 6.54 Å². The molecule has 0 spiro atoms. The molecule has 0 fully saturated rings. The number of hydrogen-bond donors (Lipinski definition) is 2. The minimum Gasteiger partial charge on any atom is -0.445 e. The van der Waals surface area contributed by atoms with E-state index in [-0.39, 0.29) is 24.1 Å². The van der Waals surface area contributed by atoms with Crippen LogP contribution in [0.5, 0.6) is 0 Å². The summed E-state index contributed by atoms with van der Waals surface area (Å²) in [5.41, 5.74) is 0.893. The van der Waals surface area contributed by atoms with E-state index < -0.39 is 14.4 Å². The highest BCUT2D eigenvalue weighted by Crippen LogP contribution is 2.36. The Morgan fingerprint density at radius 3 is 2.32 bits per heavy atom. The summed E-state index contributed by atoms with van der Waals surface area (Å²) in [6.07, 6.45) is -0.614. The second-order valence-corrected chi connectivity index (χ2v) is 12.2. The lowest BCUT2D eigenvalue weighted by molar-refractivity contribution is -0.120. The second-order valence-electron chi connectivity index (χ2n) is 7.37. The number of alkyl carbamates (subject to hydrolysis) is 1. The molecule has 25 heavy (non-hydrogen) atoms. The summed E-state index contributed by atoms with van der Waals surface area (Å²) in [4.78, 5) is 23.3. The van der Waals surface area contributed by atoms with Crippen LogP contribution in [0.3, 0.4) is 0 Å². The van der Waals surface area contributed by atoms with Crippen molar-refractivity contribution in [3.05, 3.63) is 35.9 Å². The highest BCUT2D eigenvalue weighted by Gasteiger charge is 2.36. The fraction of sp³-hybridized carbons (Fsp3) is 0.556. The lowest BCUT2D eigenvalue weighted by atomic mass is 10.2. The largest absolute Gasteiger partial charge is 0.445 e. The predicted octanol–water partition coefficient (Wildman–Crippen LogP) is 3.05. The van der Waals surface area contributed by atoms with E-state index in [1.165, 1.54) is 0 Å².